The number of pyridine rings is 1. The fraction of sp³-hybridized carbons (Fsp3) is 0.480. The molecule has 2 aliphatic rings. The van der Waals surface area contributed by atoms with Gasteiger partial charge in [0, 0.05) is 23.2 Å². The lowest BCUT2D eigenvalue weighted by Gasteiger charge is -2.38. The molecule has 0 spiro atoms. The highest BCUT2D eigenvalue weighted by atomic mass is 32.2. The first-order chi connectivity index (χ1) is 16.2. The number of hydrogen-bond donors (Lipinski definition) is 2. The molecule has 3 aromatic rings. The molecule has 2 aromatic heterocycles. The zero-order valence-electron chi connectivity index (χ0n) is 19.5. The molecule has 34 heavy (non-hydrogen) atoms. The third-order valence-corrected chi connectivity index (χ3v) is 9.35. The topological polar surface area (TPSA) is 128 Å². The Kier molecular flexibility index (Phi) is 5.72. The standard InChI is InChI=1S/C25H30N4O4S/c1-15-23(16(2)33-28-15)17-13-20-19(9-6-12-27-20)21(14-17)34(31,32)29-22-10-5-11-25(22,24(26)30)18-7-3-4-8-18/h6,9,12-14,18,22,29H,3-5,7-8,10-11H2,1-2H3,(H2,26,30). The van der Waals surface area contributed by atoms with Gasteiger partial charge in [0.25, 0.3) is 0 Å². The van der Waals surface area contributed by atoms with Crippen LogP contribution in [0.4, 0.5) is 0 Å². The number of aryl methyl sites for hydroxylation is 2. The van der Waals surface area contributed by atoms with Crippen LogP contribution in [0.2, 0.25) is 0 Å². The van der Waals surface area contributed by atoms with Crippen LogP contribution in [0.1, 0.15) is 56.4 Å². The van der Waals surface area contributed by atoms with Crippen molar-refractivity contribution in [2.24, 2.45) is 17.1 Å². The van der Waals surface area contributed by atoms with Gasteiger partial charge < -0.3 is 10.3 Å². The molecule has 180 valence electrons. The summed E-state index contributed by atoms with van der Waals surface area (Å²) >= 11 is 0. The van der Waals surface area contributed by atoms with Crippen LogP contribution in [0.3, 0.4) is 0 Å². The lowest BCUT2D eigenvalue weighted by molar-refractivity contribution is -0.131. The van der Waals surface area contributed by atoms with Crippen LogP contribution in [-0.2, 0) is 14.8 Å². The van der Waals surface area contributed by atoms with Crippen molar-refractivity contribution in [1.82, 2.24) is 14.9 Å². The molecule has 2 fully saturated rings. The number of fused-ring (bicyclic) bond motifs is 1. The number of sulfonamides is 1. The third-order valence-electron chi connectivity index (χ3n) is 7.84. The maximum Gasteiger partial charge on any atom is 0.241 e. The number of rotatable bonds is 6. The first kappa shape index (κ1) is 23.0. The molecular weight excluding hydrogens is 452 g/mol. The Morgan fingerprint density at radius 1 is 1.18 bits per heavy atom. The van der Waals surface area contributed by atoms with Crippen molar-refractivity contribution < 1.29 is 17.7 Å². The van der Waals surface area contributed by atoms with Crippen molar-refractivity contribution in [1.29, 1.82) is 0 Å². The molecule has 0 saturated heterocycles. The maximum atomic E-state index is 13.9. The van der Waals surface area contributed by atoms with Gasteiger partial charge in [-0.15, -0.1) is 0 Å². The number of nitrogens with one attached hydrogen (secondary N) is 1. The van der Waals surface area contributed by atoms with Gasteiger partial charge in [0.2, 0.25) is 15.9 Å². The second-order valence-corrected chi connectivity index (χ2v) is 11.4. The molecule has 8 nitrogen and oxygen atoms in total. The highest BCUT2D eigenvalue weighted by Gasteiger charge is 2.54. The van der Waals surface area contributed by atoms with E-state index in [-0.39, 0.29) is 16.7 Å². The van der Waals surface area contributed by atoms with Gasteiger partial charge in [0.15, 0.2) is 0 Å². The molecule has 2 saturated carbocycles. The van der Waals surface area contributed by atoms with Gasteiger partial charge in [-0.3, -0.25) is 9.78 Å². The van der Waals surface area contributed by atoms with Crippen LogP contribution in [-0.4, -0.2) is 30.5 Å². The van der Waals surface area contributed by atoms with Crippen molar-refractivity contribution in [2.45, 2.75) is 69.7 Å². The second kappa shape index (κ2) is 8.46. The van der Waals surface area contributed by atoms with Crippen LogP contribution in [0.25, 0.3) is 22.0 Å². The molecule has 2 atom stereocenters. The lowest BCUT2D eigenvalue weighted by Crippen LogP contribution is -2.54. The highest BCUT2D eigenvalue weighted by molar-refractivity contribution is 7.89. The molecule has 0 radical (unpaired) electrons. The summed E-state index contributed by atoms with van der Waals surface area (Å²) in [6, 6.07) is 6.45. The van der Waals surface area contributed by atoms with Crippen molar-refractivity contribution in [3.05, 3.63) is 41.9 Å². The van der Waals surface area contributed by atoms with Crippen LogP contribution in [0, 0.1) is 25.2 Å². The summed E-state index contributed by atoms with van der Waals surface area (Å²) in [5.74, 6) is 0.335. The zero-order valence-corrected chi connectivity index (χ0v) is 20.3. The predicted molar refractivity (Wildman–Crippen MR) is 128 cm³/mol. The van der Waals surface area contributed by atoms with Gasteiger partial charge in [-0.05, 0) is 75.3 Å². The molecule has 2 unspecified atom stereocenters. The van der Waals surface area contributed by atoms with E-state index in [1.807, 2.05) is 13.0 Å². The zero-order chi connectivity index (χ0) is 24.1. The summed E-state index contributed by atoms with van der Waals surface area (Å²) in [5.41, 5.74) is 7.79. The quantitative estimate of drug-likeness (QED) is 0.546. The number of carbonyl (C=O) groups is 1. The van der Waals surface area contributed by atoms with E-state index in [0.29, 0.717) is 40.8 Å². The van der Waals surface area contributed by atoms with Crippen molar-refractivity contribution in [3.63, 3.8) is 0 Å². The average molecular weight is 483 g/mol. The minimum Gasteiger partial charge on any atom is -0.369 e. The van der Waals surface area contributed by atoms with Crippen molar-refractivity contribution in [3.8, 4) is 11.1 Å². The molecule has 9 heteroatoms. The number of amides is 1. The average Bonchev–Trinajstić information content (AvgIpc) is 3.54. The normalized spacial score (nSPS) is 23.6. The Morgan fingerprint density at radius 3 is 2.62 bits per heavy atom. The van der Waals surface area contributed by atoms with Crippen LogP contribution in [0.5, 0.6) is 0 Å². The number of nitrogens with two attached hydrogens (primary N) is 1. The SMILES string of the molecule is Cc1noc(C)c1-c1cc(S(=O)(=O)NC2CCCC2(C(N)=O)C2CCCC2)c2cccnc2c1. The Balaban J connectivity index is 1.61. The van der Waals surface area contributed by atoms with Gasteiger partial charge in [0.1, 0.15) is 5.76 Å². The third kappa shape index (κ3) is 3.62. The molecule has 2 heterocycles. The van der Waals surface area contributed by atoms with Crippen molar-refractivity contribution >= 4 is 26.8 Å². The molecule has 0 bridgehead atoms. The molecule has 1 aromatic carbocycles. The molecule has 5 rings (SSSR count). The number of primary amides is 1. The van der Waals surface area contributed by atoms with Gasteiger partial charge in [-0.2, -0.15) is 0 Å². The summed E-state index contributed by atoms with van der Waals surface area (Å²) < 4.78 is 36.0. The van der Waals surface area contributed by atoms with E-state index >= 15 is 0 Å². The fourth-order valence-electron chi connectivity index (χ4n) is 6.28. The molecule has 2 aliphatic carbocycles. The van der Waals surface area contributed by atoms with E-state index < -0.39 is 21.5 Å². The second-order valence-electron chi connectivity index (χ2n) is 9.70. The summed E-state index contributed by atoms with van der Waals surface area (Å²) in [5, 5.41) is 4.54. The smallest absolute Gasteiger partial charge is 0.241 e. The van der Waals surface area contributed by atoms with E-state index in [4.69, 9.17) is 10.3 Å². The molecule has 3 N–H and O–H groups in total. The lowest BCUT2D eigenvalue weighted by atomic mass is 9.70. The largest absolute Gasteiger partial charge is 0.369 e. The Labute approximate surface area is 199 Å². The summed E-state index contributed by atoms with van der Waals surface area (Å²) in [4.78, 5) is 17.3. The summed E-state index contributed by atoms with van der Waals surface area (Å²) in [6.07, 6.45) is 7.56. The summed E-state index contributed by atoms with van der Waals surface area (Å²) in [6.45, 7) is 3.62. The van der Waals surface area contributed by atoms with Gasteiger partial charge in [-0.1, -0.05) is 24.4 Å². The summed E-state index contributed by atoms with van der Waals surface area (Å²) in [7, 11) is -3.99. The van der Waals surface area contributed by atoms with E-state index in [1.165, 1.54) is 0 Å². The van der Waals surface area contributed by atoms with Gasteiger partial charge in [-0.25, -0.2) is 13.1 Å². The number of aromatic nitrogens is 2. The first-order valence-corrected chi connectivity index (χ1v) is 13.4. The molecule has 0 aliphatic heterocycles. The van der Waals surface area contributed by atoms with Crippen molar-refractivity contribution in [2.75, 3.05) is 0 Å². The van der Waals surface area contributed by atoms with E-state index in [0.717, 1.165) is 37.7 Å². The number of hydrogen-bond acceptors (Lipinski definition) is 6. The van der Waals surface area contributed by atoms with Gasteiger partial charge >= 0.3 is 0 Å². The minimum absolute atomic E-state index is 0.118. The maximum absolute atomic E-state index is 13.9. The Bertz CT molecular complexity index is 1340. The van der Waals surface area contributed by atoms with Crippen LogP contribution >= 0.6 is 0 Å². The predicted octanol–water partition coefficient (Wildman–Crippen LogP) is 4.00. The molecule has 1 amide bonds. The monoisotopic (exact) mass is 482 g/mol. The highest BCUT2D eigenvalue weighted by Crippen LogP contribution is 2.51. The van der Waals surface area contributed by atoms with Crippen LogP contribution in [0.15, 0.2) is 39.9 Å². The van der Waals surface area contributed by atoms with Crippen LogP contribution < -0.4 is 10.5 Å². The fourth-order valence-corrected chi connectivity index (χ4v) is 7.86. The Hall–Kier alpha value is -2.78. The van der Waals surface area contributed by atoms with E-state index in [2.05, 4.69) is 14.9 Å². The first-order valence-electron chi connectivity index (χ1n) is 11.9. The Morgan fingerprint density at radius 2 is 1.94 bits per heavy atom. The van der Waals surface area contributed by atoms with E-state index in [9.17, 15) is 13.2 Å². The number of carbonyl (C=O) groups excluding carboxylic acids is 1. The number of nitrogens with zero attached hydrogens (tertiary/aromatic N) is 2. The molecular formula is C25H30N4O4S. The van der Waals surface area contributed by atoms with E-state index in [1.54, 1.807) is 31.3 Å². The number of benzene rings is 1. The van der Waals surface area contributed by atoms with Gasteiger partial charge in [0.05, 0.1) is 21.5 Å². The minimum atomic E-state index is -3.99.